The Morgan fingerprint density at radius 2 is 1.71 bits per heavy atom. The molecule has 0 unspecified atom stereocenters. The highest BCUT2D eigenvalue weighted by atomic mass is 16.5. The second-order valence-corrected chi connectivity index (χ2v) is 7.28. The number of allylic oxidation sites excluding steroid dienone is 1. The maximum atomic E-state index is 13.0. The fourth-order valence-corrected chi connectivity index (χ4v) is 3.19. The zero-order valence-corrected chi connectivity index (χ0v) is 17.8. The van der Waals surface area contributed by atoms with Crippen LogP contribution in [0.4, 0.5) is 0 Å². The number of benzene rings is 2. The van der Waals surface area contributed by atoms with Crippen LogP contribution in [0.3, 0.4) is 0 Å². The molecule has 3 aromatic rings. The Morgan fingerprint density at radius 3 is 2.39 bits per heavy atom. The van der Waals surface area contributed by atoms with Gasteiger partial charge in [0, 0.05) is 24.4 Å². The first-order valence-corrected chi connectivity index (χ1v) is 9.84. The Balaban J connectivity index is 1.78. The highest BCUT2D eigenvalue weighted by molar-refractivity contribution is 6.08. The number of hydrogen-bond donors (Lipinski definition) is 1. The highest BCUT2D eigenvalue weighted by Crippen LogP contribution is 2.24. The number of hydrogen-bond acceptors (Lipinski definition) is 4. The van der Waals surface area contributed by atoms with Crippen molar-refractivity contribution in [3.63, 3.8) is 0 Å². The van der Waals surface area contributed by atoms with Crippen LogP contribution in [-0.2, 0) is 11.3 Å². The first kappa shape index (κ1) is 21.9. The van der Waals surface area contributed by atoms with Gasteiger partial charge in [0.1, 0.15) is 11.5 Å². The maximum absolute atomic E-state index is 13.0. The Hall–Kier alpha value is -3.80. The molecule has 6 heteroatoms. The van der Waals surface area contributed by atoms with E-state index in [-0.39, 0.29) is 5.78 Å². The van der Waals surface area contributed by atoms with Crippen LogP contribution in [0.2, 0.25) is 0 Å². The van der Waals surface area contributed by atoms with E-state index in [1.165, 1.54) is 7.11 Å². The SMILES string of the molecule is COc1cc(/C=C/Cn2cc(C)cc2C(=O)c2ccc(C)cc2)cc(OCC(=O)O)c1. The van der Waals surface area contributed by atoms with Gasteiger partial charge in [-0.05, 0) is 43.2 Å². The third-order valence-electron chi connectivity index (χ3n) is 4.69. The lowest BCUT2D eigenvalue weighted by molar-refractivity contribution is -0.139. The zero-order chi connectivity index (χ0) is 22.4. The van der Waals surface area contributed by atoms with E-state index >= 15 is 0 Å². The Morgan fingerprint density at radius 1 is 1.00 bits per heavy atom. The summed E-state index contributed by atoms with van der Waals surface area (Å²) in [7, 11) is 1.54. The zero-order valence-electron chi connectivity index (χ0n) is 17.8. The van der Waals surface area contributed by atoms with Gasteiger partial charge >= 0.3 is 5.97 Å². The van der Waals surface area contributed by atoms with Gasteiger partial charge in [0.15, 0.2) is 6.61 Å². The van der Waals surface area contributed by atoms with Crippen molar-refractivity contribution >= 4 is 17.8 Å². The predicted octanol–water partition coefficient (Wildman–Crippen LogP) is 4.52. The summed E-state index contributed by atoms with van der Waals surface area (Å²) in [6, 6.07) is 14.6. The molecule has 0 saturated carbocycles. The summed E-state index contributed by atoms with van der Waals surface area (Å²) in [5, 5.41) is 8.81. The fourth-order valence-electron chi connectivity index (χ4n) is 3.19. The number of carbonyl (C=O) groups excluding carboxylic acids is 1. The minimum atomic E-state index is -1.05. The van der Waals surface area contributed by atoms with Crippen molar-refractivity contribution < 1.29 is 24.2 Å². The summed E-state index contributed by atoms with van der Waals surface area (Å²) in [4.78, 5) is 23.7. The molecule has 0 radical (unpaired) electrons. The van der Waals surface area contributed by atoms with Gasteiger partial charge in [0.25, 0.3) is 0 Å². The molecule has 31 heavy (non-hydrogen) atoms. The van der Waals surface area contributed by atoms with Gasteiger partial charge in [0.05, 0.1) is 12.8 Å². The van der Waals surface area contributed by atoms with Crippen molar-refractivity contribution in [1.29, 1.82) is 0 Å². The van der Waals surface area contributed by atoms with Crippen LogP contribution in [0.25, 0.3) is 6.08 Å². The van der Waals surface area contributed by atoms with E-state index in [2.05, 4.69) is 0 Å². The first-order chi connectivity index (χ1) is 14.9. The van der Waals surface area contributed by atoms with E-state index in [1.807, 2.05) is 73.2 Å². The van der Waals surface area contributed by atoms with Crippen molar-refractivity contribution in [3.8, 4) is 11.5 Å². The molecule has 0 bridgehead atoms. The number of aliphatic carboxylic acids is 1. The molecule has 0 saturated heterocycles. The fraction of sp³-hybridized carbons (Fsp3) is 0.200. The monoisotopic (exact) mass is 419 g/mol. The van der Waals surface area contributed by atoms with E-state index in [4.69, 9.17) is 14.6 Å². The number of carboxylic acids is 1. The summed E-state index contributed by atoms with van der Waals surface area (Å²) in [5.74, 6) is -0.0936. The minimum absolute atomic E-state index is 0.0211. The van der Waals surface area contributed by atoms with Crippen LogP contribution >= 0.6 is 0 Å². The molecular formula is C25H25NO5. The number of nitrogens with zero attached hydrogens (tertiary/aromatic N) is 1. The molecule has 0 aliphatic carbocycles. The van der Waals surface area contributed by atoms with Gasteiger partial charge in [-0.15, -0.1) is 0 Å². The summed E-state index contributed by atoms with van der Waals surface area (Å²) >= 11 is 0. The Labute approximate surface area is 181 Å². The normalized spacial score (nSPS) is 10.9. The second-order valence-electron chi connectivity index (χ2n) is 7.28. The molecule has 0 aliphatic heterocycles. The molecule has 160 valence electrons. The van der Waals surface area contributed by atoms with E-state index in [0.717, 1.165) is 16.7 Å². The van der Waals surface area contributed by atoms with Crippen LogP contribution in [-0.4, -0.2) is 35.1 Å². The number of ether oxygens (including phenoxy) is 2. The third-order valence-corrected chi connectivity index (χ3v) is 4.69. The van der Waals surface area contributed by atoms with Crippen LogP contribution in [0.15, 0.2) is 60.8 Å². The number of rotatable bonds is 9. The molecule has 0 spiro atoms. The number of carbonyl (C=O) groups is 2. The van der Waals surface area contributed by atoms with Crippen LogP contribution in [0.5, 0.6) is 11.5 Å². The average Bonchev–Trinajstić information content (AvgIpc) is 3.12. The van der Waals surface area contributed by atoms with Crippen molar-refractivity contribution in [1.82, 2.24) is 4.57 Å². The molecule has 2 aromatic carbocycles. The molecule has 0 amide bonds. The van der Waals surface area contributed by atoms with E-state index < -0.39 is 12.6 Å². The number of carboxylic acid groups (broad SMARTS) is 1. The van der Waals surface area contributed by atoms with Crippen molar-refractivity contribution in [2.45, 2.75) is 20.4 Å². The lowest BCUT2D eigenvalue weighted by Crippen LogP contribution is -2.09. The minimum Gasteiger partial charge on any atom is -0.497 e. The average molecular weight is 419 g/mol. The summed E-state index contributed by atoms with van der Waals surface area (Å²) < 4.78 is 12.4. The van der Waals surface area contributed by atoms with Crippen molar-refractivity contribution in [3.05, 3.63) is 88.8 Å². The molecule has 1 N–H and O–H groups in total. The van der Waals surface area contributed by atoms with Gasteiger partial charge in [-0.2, -0.15) is 0 Å². The maximum Gasteiger partial charge on any atom is 0.341 e. The molecule has 3 rings (SSSR count). The van der Waals surface area contributed by atoms with E-state index in [0.29, 0.717) is 29.3 Å². The van der Waals surface area contributed by atoms with Gasteiger partial charge in [0.2, 0.25) is 5.78 Å². The summed E-state index contributed by atoms with van der Waals surface area (Å²) in [6.45, 7) is 4.02. The highest BCUT2D eigenvalue weighted by Gasteiger charge is 2.14. The van der Waals surface area contributed by atoms with Crippen molar-refractivity contribution in [2.24, 2.45) is 0 Å². The quantitative estimate of drug-likeness (QED) is 0.516. The predicted molar refractivity (Wildman–Crippen MR) is 119 cm³/mol. The van der Waals surface area contributed by atoms with Gasteiger partial charge in [-0.25, -0.2) is 4.79 Å². The molecule has 0 aliphatic rings. The number of aryl methyl sites for hydroxylation is 2. The van der Waals surface area contributed by atoms with Crippen LogP contribution in [0.1, 0.15) is 32.7 Å². The molecule has 0 fully saturated rings. The van der Waals surface area contributed by atoms with E-state index in [9.17, 15) is 9.59 Å². The molecule has 1 heterocycles. The first-order valence-electron chi connectivity index (χ1n) is 9.84. The number of ketones is 1. The lowest BCUT2D eigenvalue weighted by atomic mass is 10.1. The van der Waals surface area contributed by atoms with Crippen LogP contribution < -0.4 is 9.47 Å². The molecule has 6 nitrogen and oxygen atoms in total. The van der Waals surface area contributed by atoms with Gasteiger partial charge in [-0.3, -0.25) is 4.79 Å². The summed E-state index contributed by atoms with van der Waals surface area (Å²) in [6.07, 6.45) is 5.76. The standard InChI is InChI=1S/C25H25NO5/c1-17-6-8-20(9-7-17)25(29)23-11-18(2)15-26(23)10-4-5-19-12-21(30-3)14-22(13-19)31-16-24(27)28/h4-9,11-15H,10,16H2,1-3H3,(H,27,28)/b5-4+. The smallest absolute Gasteiger partial charge is 0.341 e. The Bertz CT molecular complexity index is 1110. The molecule has 1 aromatic heterocycles. The second kappa shape index (κ2) is 9.80. The van der Waals surface area contributed by atoms with Gasteiger partial charge < -0.3 is 19.1 Å². The largest absolute Gasteiger partial charge is 0.497 e. The Kier molecular flexibility index (Phi) is 6.92. The molecular weight excluding hydrogens is 394 g/mol. The van der Waals surface area contributed by atoms with Crippen LogP contribution in [0, 0.1) is 13.8 Å². The third kappa shape index (κ3) is 5.85. The number of methoxy groups -OCH3 is 1. The molecule has 0 atom stereocenters. The summed E-state index contributed by atoms with van der Waals surface area (Å²) in [5.41, 5.74) is 4.20. The number of aromatic nitrogens is 1. The van der Waals surface area contributed by atoms with Crippen molar-refractivity contribution in [2.75, 3.05) is 13.7 Å². The lowest BCUT2D eigenvalue weighted by Gasteiger charge is -2.08. The van der Waals surface area contributed by atoms with Gasteiger partial charge in [-0.1, -0.05) is 42.0 Å². The topological polar surface area (TPSA) is 77.8 Å². The van der Waals surface area contributed by atoms with E-state index in [1.54, 1.807) is 12.1 Å².